The lowest BCUT2D eigenvalue weighted by Crippen LogP contribution is -2.33. The summed E-state index contributed by atoms with van der Waals surface area (Å²) in [6.07, 6.45) is 4.03. The third kappa shape index (κ3) is 5.43. The molecule has 1 fully saturated rings. The van der Waals surface area contributed by atoms with E-state index in [1.165, 1.54) is 12.8 Å². The Hall–Kier alpha value is -2.32. The van der Waals surface area contributed by atoms with Gasteiger partial charge in [0.05, 0.1) is 17.7 Å². The highest BCUT2D eigenvalue weighted by molar-refractivity contribution is 6.30. The lowest BCUT2D eigenvalue weighted by molar-refractivity contribution is 0.102. The molecule has 7 nitrogen and oxygen atoms in total. The molecule has 1 aliphatic heterocycles. The first kappa shape index (κ1) is 20.9. The fourth-order valence-corrected chi connectivity index (χ4v) is 3.95. The molecule has 0 unspecified atom stereocenters. The van der Waals surface area contributed by atoms with Crippen molar-refractivity contribution in [2.75, 3.05) is 19.6 Å². The first-order valence-corrected chi connectivity index (χ1v) is 10.7. The molecule has 4 rings (SSSR count). The van der Waals surface area contributed by atoms with Crippen molar-refractivity contribution >= 4 is 22.5 Å². The molecule has 1 aromatic carbocycles. The number of nitrogens with zero attached hydrogens (tertiary/aromatic N) is 2. The van der Waals surface area contributed by atoms with Crippen LogP contribution in [0.3, 0.4) is 0 Å². The summed E-state index contributed by atoms with van der Waals surface area (Å²) in [6, 6.07) is 9.20. The Morgan fingerprint density at radius 3 is 2.90 bits per heavy atom. The lowest BCUT2D eigenvalue weighted by Gasteiger charge is -2.22. The zero-order valence-electron chi connectivity index (χ0n) is 16.8. The van der Waals surface area contributed by atoms with Gasteiger partial charge in [-0.3, -0.25) is 9.78 Å². The minimum absolute atomic E-state index is 0.177. The summed E-state index contributed by atoms with van der Waals surface area (Å²) in [5.41, 5.74) is 2.20. The SMILES string of the molecule is O=c1[nH]c(COCc2cccc(Cl)c2)nc2c(CNCC3CCNCC3)nccc12. The summed E-state index contributed by atoms with van der Waals surface area (Å²) in [7, 11) is 0. The second kappa shape index (κ2) is 10.1. The first-order valence-electron chi connectivity index (χ1n) is 10.3. The summed E-state index contributed by atoms with van der Waals surface area (Å²) in [6.45, 7) is 4.27. The molecule has 8 heteroatoms. The minimum Gasteiger partial charge on any atom is -0.369 e. The van der Waals surface area contributed by atoms with Gasteiger partial charge in [-0.25, -0.2) is 4.98 Å². The van der Waals surface area contributed by atoms with Crippen LogP contribution in [0.2, 0.25) is 5.02 Å². The van der Waals surface area contributed by atoms with Gasteiger partial charge in [-0.15, -0.1) is 0 Å². The fourth-order valence-electron chi connectivity index (χ4n) is 3.74. The fraction of sp³-hybridized carbons (Fsp3) is 0.409. The maximum Gasteiger partial charge on any atom is 0.258 e. The molecule has 1 saturated heterocycles. The van der Waals surface area contributed by atoms with Gasteiger partial charge in [0.2, 0.25) is 0 Å². The van der Waals surface area contributed by atoms with E-state index in [4.69, 9.17) is 16.3 Å². The van der Waals surface area contributed by atoms with Crippen LogP contribution in [0.25, 0.3) is 10.9 Å². The second-order valence-electron chi connectivity index (χ2n) is 7.61. The third-order valence-electron chi connectivity index (χ3n) is 5.33. The number of ether oxygens (including phenoxy) is 1. The quantitative estimate of drug-likeness (QED) is 0.512. The first-order chi connectivity index (χ1) is 14.7. The van der Waals surface area contributed by atoms with Crippen LogP contribution >= 0.6 is 11.6 Å². The largest absolute Gasteiger partial charge is 0.369 e. The van der Waals surface area contributed by atoms with Crippen molar-refractivity contribution in [1.82, 2.24) is 25.6 Å². The van der Waals surface area contributed by atoms with E-state index in [1.54, 1.807) is 12.3 Å². The van der Waals surface area contributed by atoms with E-state index < -0.39 is 0 Å². The number of H-pyrrole nitrogens is 1. The van der Waals surface area contributed by atoms with E-state index in [9.17, 15) is 4.79 Å². The predicted molar refractivity (Wildman–Crippen MR) is 117 cm³/mol. The van der Waals surface area contributed by atoms with Crippen molar-refractivity contribution < 1.29 is 4.74 Å². The smallest absolute Gasteiger partial charge is 0.258 e. The molecule has 158 valence electrons. The maximum absolute atomic E-state index is 12.5. The van der Waals surface area contributed by atoms with Crippen LogP contribution < -0.4 is 16.2 Å². The van der Waals surface area contributed by atoms with Crippen LogP contribution in [0.4, 0.5) is 0 Å². The average molecular weight is 428 g/mol. The van der Waals surface area contributed by atoms with Crippen LogP contribution in [0, 0.1) is 5.92 Å². The van der Waals surface area contributed by atoms with Crippen molar-refractivity contribution in [3.63, 3.8) is 0 Å². The number of hydrogen-bond donors (Lipinski definition) is 3. The summed E-state index contributed by atoms with van der Waals surface area (Å²) in [5, 5.41) is 8.08. The highest BCUT2D eigenvalue weighted by Gasteiger charge is 2.14. The van der Waals surface area contributed by atoms with Gasteiger partial charge < -0.3 is 20.4 Å². The van der Waals surface area contributed by atoms with Gasteiger partial charge >= 0.3 is 0 Å². The molecule has 0 radical (unpaired) electrons. The van der Waals surface area contributed by atoms with E-state index >= 15 is 0 Å². The highest BCUT2D eigenvalue weighted by Crippen LogP contribution is 2.14. The van der Waals surface area contributed by atoms with Gasteiger partial charge in [-0.1, -0.05) is 23.7 Å². The monoisotopic (exact) mass is 427 g/mol. The van der Waals surface area contributed by atoms with Crippen LogP contribution in [-0.2, 0) is 24.5 Å². The molecule has 3 N–H and O–H groups in total. The molecule has 3 aromatic rings. The molecule has 30 heavy (non-hydrogen) atoms. The van der Waals surface area contributed by atoms with Crippen molar-refractivity contribution in [3.8, 4) is 0 Å². The Morgan fingerprint density at radius 1 is 1.20 bits per heavy atom. The number of halogens is 1. The van der Waals surface area contributed by atoms with E-state index in [0.717, 1.165) is 30.9 Å². The second-order valence-corrected chi connectivity index (χ2v) is 8.05. The number of hydrogen-bond acceptors (Lipinski definition) is 6. The maximum atomic E-state index is 12.5. The van der Waals surface area contributed by atoms with E-state index in [0.29, 0.717) is 40.8 Å². The summed E-state index contributed by atoms with van der Waals surface area (Å²) < 4.78 is 5.73. The number of rotatable bonds is 8. The minimum atomic E-state index is -0.177. The standard InChI is InChI=1S/C22H26ClN5O2/c23-17-3-1-2-16(10-17)13-30-14-20-27-21-18(22(29)28-20)6-9-26-19(21)12-25-11-15-4-7-24-8-5-15/h1-3,6,9-10,15,24-25H,4-5,7-8,11-14H2,(H,27,28,29). The van der Waals surface area contributed by atoms with Crippen LogP contribution in [0.15, 0.2) is 41.3 Å². The predicted octanol–water partition coefficient (Wildman–Crippen LogP) is 2.78. The van der Waals surface area contributed by atoms with Crippen LogP contribution in [0.5, 0.6) is 0 Å². The zero-order chi connectivity index (χ0) is 20.8. The Kier molecular flexibility index (Phi) is 7.07. The Labute approximate surface area is 180 Å². The molecule has 0 spiro atoms. The molecular formula is C22H26ClN5O2. The van der Waals surface area contributed by atoms with Gasteiger partial charge in [0.1, 0.15) is 17.9 Å². The summed E-state index contributed by atoms with van der Waals surface area (Å²) in [5.74, 6) is 1.16. The number of aromatic nitrogens is 3. The zero-order valence-corrected chi connectivity index (χ0v) is 17.5. The third-order valence-corrected chi connectivity index (χ3v) is 5.57. The van der Waals surface area contributed by atoms with Crippen molar-refractivity contribution in [2.24, 2.45) is 5.92 Å². The van der Waals surface area contributed by atoms with E-state index in [2.05, 4.69) is 25.6 Å². The Bertz CT molecular complexity index is 1050. The van der Waals surface area contributed by atoms with Crippen molar-refractivity contribution in [2.45, 2.75) is 32.6 Å². The molecule has 0 bridgehead atoms. The number of nitrogens with one attached hydrogen (secondary N) is 3. The van der Waals surface area contributed by atoms with Crippen molar-refractivity contribution in [1.29, 1.82) is 0 Å². The van der Waals surface area contributed by atoms with Gasteiger partial charge in [0.25, 0.3) is 5.56 Å². The van der Waals surface area contributed by atoms with Gasteiger partial charge in [-0.05, 0) is 62.2 Å². The number of aromatic amines is 1. The Balaban J connectivity index is 1.43. The average Bonchev–Trinajstić information content (AvgIpc) is 2.75. The molecule has 2 aromatic heterocycles. The van der Waals surface area contributed by atoms with Crippen LogP contribution in [0.1, 0.15) is 29.9 Å². The lowest BCUT2D eigenvalue weighted by atomic mass is 9.98. The topological polar surface area (TPSA) is 91.9 Å². The number of fused-ring (bicyclic) bond motifs is 1. The van der Waals surface area contributed by atoms with Gasteiger partial charge in [0, 0.05) is 17.8 Å². The van der Waals surface area contributed by atoms with Gasteiger partial charge in [-0.2, -0.15) is 0 Å². The molecule has 0 amide bonds. The van der Waals surface area contributed by atoms with E-state index in [1.807, 2.05) is 24.3 Å². The summed E-state index contributed by atoms with van der Waals surface area (Å²) in [4.78, 5) is 24.4. The number of benzene rings is 1. The highest BCUT2D eigenvalue weighted by atomic mass is 35.5. The molecular weight excluding hydrogens is 402 g/mol. The normalized spacial score (nSPS) is 15.0. The molecule has 0 atom stereocenters. The summed E-state index contributed by atoms with van der Waals surface area (Å²) >= 11 is 6.00. The van der Waals surface area contributed by atoms with Crippen molar-refractivity contribution in [3.05, 3.63) is 69.0 Å². The Morgan fingerprint density at radius 2 is 2.07 bits per heavy atom. The number of pyridine rings is 1. The molecule has 0 aliphatic carbocycles. The van der Waals surface area contributed by atoms with Gasteiger partial charge in [0.15, 0.2) is 0 Å². The van der Waals surface area contributed by atoms with Crippen LogP contribution in [-0.4, -0.2) is 34.6 Å². The molecule has 1 aliphatic rings. The van der Waals surface area contributed by atoms with E-state index in [-0.39, 0.29) is 12.2 Å². The molecule has 3 heterocycles. The molecule has 0 saturated carbocycles. The number of piperidine rings is 1.